The summed E-state index contributed by atoms with van der Waals surface area (Å²) in [6.45, 7) is 0. The first-order valence-corrected chi connectivity index (χ1v) is 5.58. The minimum atomic E-state index is -0.341. The van der Waals surface area contributed by atoms with E-state index in [0.29, 0.717) is 0 Å². The van der Waals surface area contributed by atoms with Crippen LogP contribution in [0.3, 0.4) is 0 Å². The number of amides is 1. The van der Waals surface area contributed by atoms with Crippen molar-refractivity contribution >= 4 is 11.7 Å². The quantitative estimate of drug-likeness (QED) is 0.644. The second kappa shape index (κ2) is 2.84. The Balaban J connectivity index is 2.12. The second-order valence-electron chi connectivity index (χ2n) is 4.56. The van der Waals surface area contributed by atoms with Crippen LogP contribution >= 0.6 is 0 Å². The molecule has 4 heteroatoms. The van der Waals surface area contributed by atoms with Gasteiger partial charge in [0.15, 0.2) is 0 Å². The van der Waals surface area contributed by atoms with Crippen LogP contribution in [0.4, 0.5) is 5.82 Å². The molecule has 2 heterocycles. The van der Waals surface area contributed by atoms with E-state index in [0.717, 1.165) is 31.5 Å². The third kappa shape index (κ3) is 0.967. The first kappa shape index (κ1) is 8.95. The Morgan fingerprint density at radius 3 is 2.80 bits per heavy atom. The van der Waals surface area contributed by atoms with Gasteiger partial charge in [0.2, 0.25) is 0 Å². The maximum absolute atomic E-state index is 12.3. The largest absolute Gasteiger partial charge is 0.298 e. The number of hydrogen-bond donors (Lipinski definition) is 0. The summed E-state index contributed by atoms with van der Waals surface area (Å²) in [5.74, 6) is 1.17. The van der Waals surface area contributed by atoms with Crippen molar-refractivity contribution < 1.29 is 4.79 Å². The number of anilines is 1. The van der Waals surface area contributed by atoms with Crippen LogP contribution in [0.5, 0.6) is 0 Å². The highest BCUT2D eigenvalue weighted by Gasteiger charge is 2.50. The number of carbonyl (C=O) groups excluding carboxylic acids is 1. The lowest BCUT2D eigenvalue weighted by Crippen LogP contribution is -2.43. The molecule has 0 aromatic carbocycles. The van der Waals surface area contributed by atoms with Crippen LogP contribution in [-0.4, -0.2) is 22.7 Å². The molecule has 15 heavy (non-hydrogen) atoms. The van der Waals surface area contributed by atoms with Crippen LogP contribution in [0.2, 0.25) is 0 Å². The summed E-state index contributed by atoms with van der Waals surface area (Å²) in [6.07, 6.45) is 7.21. The predicted octanol–water partition coefficient (Wildman–Crippen LogP) is 1.52. The van der Waals surface area contributed by atoms with E-state index in [1.54, 1.807) is 11.1 Å². The van der Waals surface area contributed by atoms with Crippen LogP contribution in [0, 0.1) is 0 Å². The van der Waals surface area contributed by atoms with Crippen molar-refractivity contribution in [2.75, 3.05) is 11.9 Å². The molecule has 1 fully saturated rings. The summed E-state index contributed by atoms with van der Waals surface area (Å²) in [6, 6.07) is 1.92. The molecule has 1 aromatic heterocycles. The Kier molecular flexibility index (Phi) is 1.69. The van der Waals surface area contributed by atoms with E-state index in [1.807, 2.05) is 17.8 Å². The van der Waals surface area contributed by atoms with Crippen molar-refractivity contribution in [3.05, 3.63) is 12.3 Å². The molecule has 1 amide bonds. The first-order chi connectivity index (χ1) is 7.26. The fourth-order valence-corrected chi connectivity index (χ4v) is 2.95. The number of nitrogens with zero attached hydrogens (tertiary/aromatic N) is 3. The lowest BCUT2D eigenvalue weighted by molar-refractivity contribution is -0.126. The van der Waals surface area contributed by atoms with Crippen molar-refractivity contribution in [2.45, 2.75) is 37.6 Å². The molecule has 0 bridgehead atoms. The standard InChI is InChI=1S/C11H15N3O/c1-13-9-5-8-12-14(9)11(10(13)15)6-3-2-4-7-11/h5,8H,2-4,6-7H2,1H3. The summed E-state index contributed by atoms with van der Waals surface area (Å²) in [7, 11) is 1.85. The lowest BCUT2D eigenvalue weighted by Gasteiger charge is -2.31. The van der Waals surface area contributed by atoms with Crippen LogP contribution < -0.4 is 4.90 Å². The molecule has 0 saturated heterocycles. The summed E-state index contributed by atoms with van der Waals surface area (Å²) in [5, 5.41) is 4.33. The molecule has 1 spiro atoms. The van der Waals surface area contributed by atoms with E-state index < -0.39 is 0 Å². The molecule has 2 aliphatic rings. The van der Waals surface area contributed by atoms with Gasteiger partial charge in [0.05, 0.1) is 6.20 Å². The zero-order valence-corrected chi connectivity index (χ0v) is 8.94. The Morgan fingerprint density at radius 2 is 2.07 bits per heavy atom. The minimum Gasteiger partial charge on any atom is -0.298 e. The normalized spacial score (nSPS) is 23.5. The van der Waals surface area contributed by atoms with Gasteiger partial charge in [-0.3, -0.25) is 9.69 Å². The summed E-state index contributed by atoms with van der Waals surface area (Å²) >= 11 is 0. The summed E-state index contributed by atoms with van der Waals surface area (Å²) < 4.78 is 1.94. The fraction of sp³-hybridized carbons (Fsp3) is 0.636. The number of carbonyl (C=O) groups is 1. The predicted molar refractivity (Wildman–Crippen MR) is 56.7 cm³/mol. The van der Waals surface area contributed by atoms with Crippen molar-refractivity contribution in [1.82, 2.24) is 9.78 Å². The molecule has 1 aliphatic carbocycles. The van der Waals surface area contributed by atoms with Gasteiger partial charge in [-0.15, -0.1) is 0 Å². The van der Waals surface area contributed by atoms with Gasteiger partial charge in [-0.05, 0) is 12.8 Å². The van der Waals surface area contributed by atoms with Crippen LogP contribution in [0.15, 0.2) is 12.3 Å². The van der Waals surface area contributed by atoms with Crippen molar-refractivity contribution in [2.24, 2.45) is 0 Å². The Hall–Kier alpha value is -1.32. The van der Waals surface area contributed by atoms with E-state index in [1.165, 1.54) is 6.42 Å². The Morgan fingerprint density at radius 1 is 1.33 bits per heavy atom. The van der Waals surface area contributed by atoms with Gasteiger partial charge in [0.1, 0.15) is 11.4 Å². The highest BCUT2D eigenvalue weighted by atomic mass is 16.2. The van der Waals surface area contributed by atoms with Crippen molar-refractivity contribution in [3.8, 4) is 0 Å². The first-order valence-electron chi connectivity index (χ1n) is 5.58. The van der Waals surface area contributed by atoms with Crippen LogP contribution in [-0.2, 0) is 10.3 Å². The summed E-state index contributed by atoms with van der Waals surface area (Å²) in [4.78, 5) is 14.0. The van der Waals surface area contributed by atoms with Gasteiger partial charge in [0, 0.05) is 13.1 Å². The van der Waals surface area contributed by atoms with E-state index in [9.17, 15) is 4.79 Å². The lowest BCUT2D eigenvalue weighted by atomic mass is 9.81. The molecule has 1 saturated carbocycles. The molecule has 1 aromatic rings. The molecule has 0 unspecified atom stereocenters. The molecular weight excluding hydrogens is 190 g/mol. The Bertz CT molecular complexity index is 404. The topological polar surface area (TPSA) is 38.1 Å². The van der Waals surface area contributed by atoms with Crippen molar-refractivity contribution in [1.29, 1.82) is 0 Å². The highest BCUT2D eigenvalue weighted by molar-refractivity contribution is 6.01. The second-order valence-corrected chi connectivity index (χ2v) is 4.56. The van der Waals surface area contributed by atoms with Gasteiger partial charge in [-0.1, -0.05) is 19.3 Å². The smallest absolute Gasteiger partial charge is 0.255 e. The minimum absolute atomic E-state index is 0.227. The third-order valence-corrected chi connectivity index (χ3v) is 3.76. The van der Waals surface area contributed by atoms with Gasteiger partial charge in [0.25, 0.3) is 5.91 Å². The van der Waals surface area contributed by atoms with E-state index in [4.69, 9.17) is 0 Å². The average Bonchev–Trinajstić information content (AvgIpc) is 2.82. The highest BCUT2D eigenvalue weighted by Crippen LogP contribution is 2.43. The van der Waals surface area contributed by atoms with Crippen molar-refractivity contribution in [3.63, 3.8) is 0 Å². The Labute approximate surface area is 88.9 Å². The number of hydrogen-bond acceptors (Lipinski definition) is 2. The number of rotatable bonds is 0. The zero-order valence-electron chi connectivity index (χ0n) is 8.94. The molecule has 0 N–H and O–H groups in total. The molecule has 0 atom stereocenters. The zero-order chi connectivity index (χ0) is 10.5. The molecule has 4 nitrogen and oxygen atoms in total. The number of aromatic nitrogens is 2. The third-order valence-electron chi connectivity index (χ3n) is 3.76. The molecule has 0 radical (unpaired) electrons. The van der Waals surface area contributed by atoms with Gasteiger partial charge in [-0.25, -0.2) is 4.68 Å². The fourth-order valence-electron chi connectivity index (χ4n) is 2.95. The molecular formula is C11H15N3O. The maximum Gasteiger partial charge on any atom is 0.255 e. The van der Waals surface area contributed by atoms with Gasteiger partial charge in [-0.2, -0.15) is 5.10 Å². The van der Waals surface area contributed by atoms with E-state index in [2.05, 4.69) is 5.10 Å². The summed E-state index contributed by atoms with van der Waals surface area (Å²) in [5.41, 5.74) is -0.341. The average molecular weight is 205 g/mol. The maximum atomic E-state index is 12.3. The number of fused-ring (bicyclic) bond motifs is 2. The van der Waals surface area contributed by atoms with E-state index in [-0.39, 0.29) is 11.4 Å². The number of likely N-dealkylation sites (N-methyl/N-ethyl adjacent to an activating group) is 1. The van der Waals surface area contributed by atoms with Crippen LogP contribution in [0.25, 0.3) is 0 Å². The molecule has 1 aliphatic heterocycles. The molecule has 3 rings (SSSR count). The van der Waals surface area contributed by atoms with Gasteiger partial charge < -0.3 is 0 Å². The monoisotopic (exact) mass is 205 g/mol. The molecule has 80 valence electrons. The van der Waals surface area contributed by atoms with E-state index >= 15 is 0 Å². The van der Waals surface area contributed by atoms with Gasteiger partial charge >= 0.3 is 0 Å². The SMILES string of the molecule is CN1C(=O)C2(CCCCC2)n2nccc21. The van der Waals surface area contributed by atoms with Crippen LogP contribution in [0.1, 0.15) is 32.1 Å².